The molecule has 7 atom stereocenters. The van der Waals surface area contributed by atoms with E-state index >= 15 is 0 Å². The molecule has 0 aliphatic heterocycles. The summed E-state index contributed by atoms with van der Waals surface area (Å²) in [6, 6.07) is 0. The molecule has 3 fully saturated rings. The summed E-state index contributed by atoms with van der Waals surface area (Å²) >= 11 is 0. The number of rotatable bonds is 1. The first kappa shape index (κ1) is 17.3. The maximum Gasteiger partial charge on any atom is 0.302 e. The second kappa shape index (κ2) is 5.69. The lowest BCUT2D eigenvalue weighted by molar-refractivity contribution is -0.148. The molecule has 0 N–H and O–H groups in total. The van der Waals surface area contributed by atoms with Crippen molar-refractivity contribution in [1.82, 2.24) is 0 Å². The first-order valence-corrected chi connectivity index (χ1v) is 10.2. The molecule has 0 heterocycles. The molecule has 0 spiro atoms. The minimum absolute atomic E-state index is 0.0651. The van der Waals surface area contributed by atoms with E-state index in [0.717, 1.165) is 38.5 Å². The maximum atomic E-state index is 12.8. The Bertz CT molecular complexity index is 635. The summed E-state index contributed by atoms with van der Waals surface area (Å²) in [5, 5.41) is 0. The molecule has 4 aliphatic rings. The summed E-state index contributed by atoms with van der Waals surface area (Å²) in [6.45, 7) is 8.34. The van der Waals surface area contributed by atoms with Gasteiger partial charge in [-0.2, -0.15) is 0 Å². The van der Waals surface area contributed by atoms with Gasteiger partial charge in [-0.05, 0) is 61.7 Å². The van der Waals surface area contributed by atoms with E-state index < -0.39 is 0 Å². The number of hydrogen-bond acceptors (Lipinski definition) is 3. The second-order valence-corrected chi connectivity index (χ2v) is 9.69. The van der Waals surface area contributed by atoms with Gasteiger partial charge in [-0.25, -0.2) is 0 Å². The largest absolute Gasteiger partial charge is 0.462 e. The molecule has 0 bridgehead atoms. The molecule has 0 amide bonds. The van der Waals surface area contributed by atoms with Crippen LogP contribution in [0.1, 0.15) is 72.6 Å². The molecule has 4 aliphatic carbocycles. The van der Waals surface area contributed by atoms with Gasteiger partial charge < -0.3 is 4.74 Å². The van der Waals surface area contributed by atoms with E-state index in [4.69, 9.17) is 4.74 Å². The number of carbonyl (C=O) groups excluding carboxylic acids is 2. The molecule has 3 nitrogen and oxygen atoms in total. The number of esters is 1. The van der Waals surface area contributed by atoms with Crippen LogP contribution in [0.25, 0.3) is 0 Å². The van der Waals surface area contributed by atoms with Crippen LogP contribution in [-0.4, -0.2) is 17.9 Å². The Labute approximate surface area is 151 Å². The van der Waals surface area contributed by atoms with Crippen LogP contribution in [0.4, 0.5) is 0 Å². The first-order valence-electron chi connectivity index (χ1n) is 10.2. The Morgan fingerprint density at radius 1 is 1.16 bits per heavy atom. The Morgan fingerprint density at radius 2 is 1.88 bits per heavy atom. The molecule has 3 heteroatoms. The highest BCUT2D eigenvalue weighted by atomic mass is 16.5. The monoisotopic (exact) mass is 344 g/mol. The lowest BCUT2D eigenvalue weighted by atomic mass is 9.48. The van der Waals surface area contributed by atoms with Crippen molar-refractivity contribution in [3.05, 3.63) is 11.6 Å². The van der Waals surface area contributed by atoms with E-state index in [1.807, 2.05) is 0 Å². The van der Waals surface area contributed by atoms with Gasteiger partial charge in [0.25, 0.3) is 0 Å². The summed E-state index contributed by atoms with van der Waals surface area (Å²) in [5.41, 5.74) is 1.69. The Hall–Kier alpha value is -1.12. The van der Waals surface area contributed by atoms with Gasteiger partial charge in [-0.1, -0.05) is 32.4 Å². The van der Waals surface area contributed by atoms with Crippen LogP contribution in [-0.2, 0) is 14.3 Å². The van der Waals surface area contributed by atoms with Gasteiger partial charge >= 0.3 is 5.97 Å². The van der Waals surface area contributed by atoms with Crippen LogP contribution in [0.2, 0.25) is 0 Å². The zero-order valence-corrected chi connectivity index (χ0v) is 16.1. The van der Waals surface area contributed by atoms with Crippen molar-refractivity contribution >= 4 is 11.8 Å². The Balaban J connectivity index is 1.61. The van der Waals surface area contributed by atoms with Crippen LogP contribution in [0.15, 0.2) is 11.6 Å². The van der Waals surface area contributed by atoms with Crippen molar-refractivity contribution in [2.75, 3.05) is 0 Å². The molecular weight excluding hydrogens is 312 g/mol. The normalized spacial score (nSPS) is 48.9. The standard InChI is InChI=1S/C22H32O3/c1-13-11-19-17-6-5-15-12-16(25-14(2)23)7-9-21(15,3)18(17)8-10-22(19,4)20(13)24/h5,13,16-19H,6-12H2,1-4H3/t13?,16?,17-,18-,19+,21+,22+/m1/s1. The van der Waals surface area contributed by atoms with E-state index in [2.05, 4.69) is 26.8 Å². The number of carbonyl (C=O) groups is 2. The number of ether oxygens (including phenoxy) is 1. The van der Waals surface area contributed by atoms with Crippen molar-refractivity contribution in [1.29, 1.82) is 0 Å². The molecule has 3 saturated carbocycles. The van der Waals surface area contributed by atoms with Gasteiger partial charge in [-0.15, -0.1) is 0 Å². The molecule has 0 saturated heterocycles. The van der Waals surface area contributed by atoms with Crippen LogP contribution in [0.3, 0.4) is 0 Å². The van der Waals surface area contributed by atoms with Gasteiger partial charge in [0, 0.05) is 24.7 Å². The van der Waals surface area contributed by atoms with Crippen molar-refractivity contribution < 1.29 is 14.3 Å². The third-order valence-electron chi connectivity index (χ3n) is 8.40. The average Bonchev–Trinajstić information content (AvgIpc) is 2.78. The average molecular weight is 344 g/mol. The van der Waals surface area contributed by atoms with Crippen LogP contribution < -0.4 is 0 Å². The fraction of sp³-hybridized carbons (Fsp3) is 0.818. The first-order chi connectivity index (χ1) is 11.8. The van der Waals surface area contributed by atoms with E-state index in [-0.39, 0.29) is 28.8 Å². The van der Waals surface area contributed by atoms with E-state index in [1.165, 1.54) is 18.9 Å². The summed E-state index contributed by atoms with van der Waals surface area (Å²) in [6.07, 6.45) is 9.98. The number of hydrogen-bond donors (Lipinski definition) is 0. The van der Waals surface area contributed by atoms with Crippen LogP contribution >= 0.6 is 0 Å². The van der Waals surface area contributed by atoms with Gasteiger partial charge in [0.1, 0.15) is 11.9 Å². The zero-order valence-electron chi connectivity index (χ0n) is 16.1. The zero-order chi connectivity index (χ0) is 18.0. The summed E-state index contributed by atoms with van der Waals surface area (Å²) in [7, 11) is 0. The highest BCUT2D eigenvalue weighted by Crippen LogP contribution is 2.64. The highest BCUT2D eigenvalue weighted by Gasteiger charge is 2.60. The third-order valence-corrected chi connectivity index (χ3v) is 8.40. The molecular formula is C22H32O3. The highest BCUT2D eigenvalue weighted by molar-refractivity contribution is 5.89. The Morgan fingerprint density at radius 3 is 2.60 bits per heavy atom. The number of fused-ring (bicyclic) bond motifs is 5. The topological polar surface area (TPSA) is 43.4 Å². The Kier molecular flexibility index (Phi) is 3.94. The van der Waals surface area contributed by atoms with Gasteiger partial charge in [0.05, 0.1) is 0 Å². The lowest BCUT2D eigenvalue weighted by Gasteiger charge is -2.56. The summed E-state index contributed by atoms with van der Waals surface area (Å²) < 4.78 is 5.51. The third kappa shape index (κ3) is 2.44. The predicted octanol–water partition coefficient (Wildman–Crippen LogP) is 4.70. The van der Waals surface area contributed by atoms with Crippen LogP contribution in [0.5, 0.6) is 0 Å². The van der Waals surface area contributed by atoms with Gasteiger partial charge in [0.15, 0.2) is 0 Å². The van der Waals surface area contributed by atoms with Crippen molar-refractivity contribution in [2.45, 2.75) is 78.7 Å². The summed E-state index contributed by atoms with van der Waals surface area (Å²) in [5.74, 6) is 2.53. The van der Waals surface area contributed by atoms with E-state index in [9.17, 15) is 9.59 Å². The minimum atomic E-state index is -0.158. The molecule has 138 valence electrons. The predicted molar refractivity (Wildman–Crippen MR) is 96.8 cm³/mol. The number of allylic oxidation sites excluding steroid dienone is 1. The number of ketones is 1. The maximum absolute atomic E-state index is 12.8. The quantitative estimate of drug-likeness (QED) is 0.512. The lowest BCUT2D eigenvalue weighted by Crippen LogP contribution is -2.50. The van der Waals surface area contributed by atoms with Crippen LogP contribution in [0, 0.1) is 34.5 Å². The van der Waals surface area contributed by atoms with Crippen molar-refractivity contribution in [2.24, 2.45) is 34.5 Å². The van der Waals surface area contributed by atoms with Crippen molar-refractivity contribution in [3.63, 3.8) is 0 Å². The fourth-order valence-corrected chi connectivity index (χ4v) is 7.07. The molecule has 0 aromatic rings. The van der Waals surface area contributed by atoms with E-state index in [1.54, 1.807) is 0 Å². The molecule has 4 rings (SSSR count). The summed E-state index contributed by atoms with van der Waals surface area (Å²) in [4.78, 5) is 24.1. The molecule has 25 heavy (non-hydrogen) atoms. The SMILES string of the molecule is CC(=O)OC1CC[C@@]2(C)C(=CC[C@@H]3[C@H]2CC[C@]2(C)C(=O)C(C)C[C@@H]32)C1. The minimum Gasteiger partial charge on any atom is -0.462 e. The van der Waals surface area contributed by atoms with Gasteiger partial charge in [-0.3, -0.25) is 9.59 Å². The molecule has 0 aromatic carbocycles. The van der Waals surface area contributed by atoms with Gasteiger partial charge in [0.2, 0.25) is 0 Å². The smallest absolute Gasteiger partial charge is 0.302 e. The second-order valence-electron chi connectivity index (χ2n) is 9.69. The molecule has 2 unspecified atom stereocenters. The molecule has 0 aromatic heterocycles. The fourth-order valence-electron chi connectivity index (χ4n) is 7.07. The van der Waals surface area contributed by atoms with E-state index in [0.29, 0.717) is 23.5 Å². The number of Topliss-reactive ketones (excluding diaryl/α,β-unsaturated/α-hetero) is 1. The molecule has 0 radical (unpaired) electrons. The van der Waals surface area contributed by atoms with Crippen molar-refractivity contribution in [3.8, 4) is 0 Å².